The van der Waals surface area contributed by atoms with Crippen molar-refractivity contribution >= 4 is 35.8 Å². The van der Waals surface area contributed by atoms with Crippen LogP contribution in [0.25, 0.3) is 0 Å². The number of carbonyl (C=O) groups is 4. The molecule has 2 unspecified atom stereocenters. The van der Waals surface area contributed by atoms with Gasteiger partial charge < -0.3 is 35.8 Å². The third kappa shape index (κ3) is 14.5. The van der Waals surface area contributed by atoms with E-state index in [4.69, 9.17) is 9.47 Å². The van der Waals surface area contributed by atoms with Crippen molar-refractivity contribution in [1.82, 2.24) is 21.3 Å². The minimum absolute atomic E-state index is 0.214. The van der Waals surface area contributed by atoms with Crippen LogP contribution in [-0.4, -0.2) is 70.4 Å². The van der Waals surface area contributed by atoms with E-state index in [0.717, 1.165) is 4.90 Å². The van der Waals surface area contributed by atoms with E-state index < -0.39 is 58.8 Å². The maximum atomic E-state index is 13.3. The molecule has 0 saturated heterocycles. The van der Waals surface area contributed by atoms with Crippen molar-refractivity contribution < 1.29 is 33.8 Å². The molecule has 0 aliphatic heterocycles. The number of amides is 4. The molecule has 4 amide bonds. The lowest BCUT2D eigenvalue weighted by Crippen LogP contribution is -2.56. The fourth-order valence-electron chi connectivity index (χ4n) is 3.44. The van der Waals surface area contributed by atoms with E-state index in [1.165, 1.54) is 11.8 Å². The van der Waals surface area contributed by atoms with Crippen molar-refractivity contribution in [3.05, 3.63) is 30.3 Å². The van der Waals surface area contributed by atoms with Gasteiger partial charge in [-0.15, -0.1) is 0 Å². The molecule has 0 radical (unpaired) electrons. The van der Waals surface area contributed by atoms with Gasteiger partial charge in [-0.2, -0.15) is 0 Å². The smallest absolute Gasteiger partial charge is 0.408 e. The number of nitrogens with one attached hydrogen (secondary N) is 4. The molecule has 1 aromatic carbocycles. The van der Waals surface area contributed by atoms with Crippen LogP contribution < -0.4 is 21.3 Å². The molecule has 41 heavy (non-hydrogen) atoms. The number of thioether (sulfide) groups is 1. The fourth-order valence-corrected chi connectivity index (χ4v) is 4.48. The van der Waals surface area contributed by atoms with Gasteiger partial charge in [-0.1, -0.05) is 57.7 Å². The van der Waals surface area contributed by atoms with Crippen LogP contribution in [0.5, 0.6) is 0 Å². The average molecular weight is 597 g/mol. The Morgan fingerprint density at radius 3 is 1.61 bits per heavy atom. The van der Waals surface area contributed by atoms with E-state index in [1.807, 2.05) is 30.3 Å². The standard InChI is InChI=1S/C29H48N4O7S/c1-17(2)21(31-26(37)39-28(5,6)7)23(35)30-16-20(34)25(41-19-14-12-11-13-15-19)33-24(36)22(18(3)4)32-27(38)40-29(8,9)10/h11-15,17-18,20-22,25,34H,16H2,1-10H3,(H,30,35)(H,31,37)(H,32,38)(H,33,36)/t20?,21-,22-,25?/m0/s1. The zero-order valence-electron chi connectivity index (χ0n) is 25.9. The first-order valence-corrected chi connectivity index (χ1v) is 14.6. The number of rotatable bonds is 12. The molecule has 0 aliphatic rings. The maximum Gasteiger partial charge on any atom is 0.408 e. The Balaban J connectivity index is 3.02. The Bertz CT molecular complexity index is 1010. The highest BCUT2D eigenvalue weighted by Crippen LogP contribution is 2.24. The number of benzene rings is 1. The highest BCUT2D eigenvalue weighted by Gasteiger charge is 2.32. The summed E-state index contributed by atoms with van der Waals surface area (Å²) in [6.07, 6.45) is -2.69. The molecule has 11 nitrogen and oxygen atoms in total. The van der Waals surface area contributed by atoms with Gasteiger partial charge in [-0.25, -0.2) is 9.59 Å². The molecule has 0 fully saturated rings. The maximum absolute atomic E-state index is 13.3. The van der Waals surface area contributed by atoms with Crippen LogP contribution >= 0.6 is 11.8 Å². The first kappa shape index (κ1) is 36.0. The molecule has 4 atom stereocenters. The van der Waals surface area contributed by atoms with Gasteiger partial charge in [0.1, 0.15) is 34.8 Å². The summed E-state index contributed by atoms with van der Waals surface area (Å²) in [5.41, 5.74) is -1.47. The molecule has 0 aliphatic carbocycles. The third-order valence-corrected chi connectivity index (χ3v) is 6.60. The van der Waals surface area contributed by atoms with Gasteiger partial charge in [-0.3, -0.25) is 9.59 Å². The Morgan fingerprint density at radius 1 is 0.756 bits per heavy atom. The Kier molecular flexibility index (Phi) is 13.9. The first-order chi connectivity index (χ1) is 18.8. The topological polar surface area (TPSA) is 155 Å². The number of carbonyl (C=O) groups excluding carboxylic acids is 4. The van der Waals surface area contributed by atoms with Crippen LogP contribution in [0.2, 0.25) is 0 Å². The molecular formula is C29H48N4O7S. The van der Waals surface area contributed by atoms with E-state index in [-0.39, 0.29) is 18.4 Å². The Labute approximate surface area is 248 Å². The minimum Gasteiger partial charge on any atom is -0.444 e. The zero-order valence-corrected chi connectivity index (χ0v) is 26.7. The van der Waals surface area contributed by atoms with Gasteiger partial charge in [0.05, 0.1) is 0 Å². The van der Waals surface area contributed by atoms with Crippen LogP contribution in [0, 0.1) is 11.8 Å². The van der Waals surface area contributed by atoms with Crippen LogP contribution in [0.3, 0.4) is 0 Å². The van der Waals surface area contributed by atoms with Crippen molar-refractivity contribution in [2.45, 2.75) is 109 Å². The summed E-state index contributed by atoms with van der Waals surface area (Å²) in [4.78, 5) is 51.7. The second kappa shape index (κ2) is 15.9. The van der Waals surface area contributed by atoms with E-state index in [2.05, 4.69) is 21.3 Å². The molecule has 12 heteroatoms. The summed E-state index contributed by atoms with van der Waals surface area (Å²) < 4.78 is 10.6. The van der Waals surface area contributed by atoms with E-state index >= 15 is 0 Å². The monoisotopic (exact) mass is 596 g/mol. The van der Waals surface area contributed by atoms with Gasteiger partial charge in [0, 0.05) is 11.4 Å². The number of aliphatic hydroxyl groups is 1. The molecule has 0 spiro atoms. The van der Waals surface area contributed by atoms with Crippen LogP contribution in [0.1, 0.15) is 69.2 Å². The van der Waals surface area contributed by atoms with Gasteiger partial charge in [0.25, 0.3) is 0 Å². The van der Waals surface area contributed by atoms with E-state index in [1.54, 1.807) is 69.2 Å². The lowest BCUT2D eigenvalue weighted by atomic mass is 10.0. The lowest BCUT2D eigenvalue weighted by Gasteiger charge is -2.29. The third-order valence-electron chi connectivity index (χ3n) is 5.37. The largest absolute Gasteiger partial charge is 0.444 e. The number of ether oxygens (including phenoxy) is 2. The molecule has 0 heterocycles. The van der Waals surface area contributed by atoms with Crippen molar-refractivity contribution in [1.29, 1.82) is 0 Å². The van der Waals surface area contributed by atoms with Crippen molar-refractivity contribution in [3.63, 3.8) is 0 Å². The quantitative estimate of drug-likeness (QED) is 0.180. The molecule has 5 N–H and O–H groups in total. The van der Waals surface area contributed by atoms with Gasteiger partial charge in [-0.05, 0) is 65.5 Å². The molecule has 0 saturated carbocycles. The van der Waals surface area contributed by atoms with E-state index in [9.17, 15) is 24.3 Å². The minimum atomic E-state index is -1.23. The van der Waals surface area contributed by atoms with Crippen LogP contribution in [0.15, 0.2) is 35.2 Å². The first-order valence-electron chi connectivity index (χ1n) is 13.8. The number of alkyl carbamates (subject to hydrolysis) is 2. The molecule has 0 aromatic heterocycles. The highest BCUT2D eigenvalue weighted by molar-refractivity contribution is 8.00. The number of aliphatic hydroxyl groups excluding tert-OH is 1. The summed E-state index contributed by atoms with van der Waals surface area (Å²) in [5, 5.41) is 20.9. The molecule has 1 aromatic rings. The Morgan fingerprint density at radius 2 is 1.20 bits per heavy atom. The summed E-state index contributed by atoms with van der Waals surface area (Å²) in [5.74, 6) is -1.57. The summed E-state index contributed by atoms with van der Waals surface area (Å²) in [7, 11) is 0. The summed E-state index contributed by atoms with van der Waals surface area (Å²) in [6.45, 7) is 17.2. The predicted octanol–water partition coefficient (Wildman–Crippen LogP) is 3.80. The molecule has 0 bridgehead atoms. The predicted molar refractivity (Wildman–Crippen MR) is 159 cm³/mol. The number of hydrogen-bond acceptors (Lipinski definition) is 8. The fraction of sp³-hybridized carbons (Fsp3) is 0.655. The Hall–Kier alpha value is -2.99. The van der Waals surface area contributed by atoms with Crippen molar-refractivity contribution in [3.8, 4) is 0 Å². The van der Waals surface area contributed by atoms with E-state index in [0.29, 0.717) is 0 Å². The second-order valence-electron chi connectivity index (χ2n) is 12.4. The van der Waals surface area contributed by atoms with Crippen molar-refractivity contribution in [2.75, 3.05) is 6.54 Å². The molecule has 232 valence electrons. The molecule has 1 rings (SSSR count). The number of hydrogen-bond donors (Lipinski definition) is 5. The van der Waals surface area contributed by atoms with Gasteiger partial charge >= 0.3 is 12.2 Å². The van der Waals surface area contributed by atoms with Crippen molar-refractivity contribution in [2.24, 2.45) is 11.8 Å². The second-order valence-corrected chi connectivity index (χ2v) is 13.6. The lowest BCUT2D eigenvalue weighted by molar-refractivity contribution is -0.125. The van der Waals surface area contributed by atoms with Gasteiger partial charge in [0.2, 0.25) is 11.8 Å². The van der Waals surface area contributed by atoms with Gasteiger partial charge in [0.15, 0.2) is 0 Å². The van der Waals surface area contributed by atoms with Crippen LogP contribution in [-0.2, 0) is 19.1 Å². The average Bonchev–Trinajstić information content (AvgIpc) is 2.81. The summed E-state index contributed by atoms with van der Waals surface area (Å²) >= 11 is 1.20. The van der Waals surface area contributed by atoms with Crippen LogP contribution in [0.4, 0.5) is 9.59 Å². The highest BCUT2D eigenvalue weighted by atomic mass is 32.2. The molecular weight excluding hydrogens is 548 g/mol. The summed E-state index contributed by atoms with van der Waals surface area (Å²) in [6, 6.07) is 7.31. The SMILES string of the molecule is CC(C)[C@H](NC(=O)OC(C)(C)C)C(=O)NCC(O)C(NC(=O)[C@@H](NC(=O)OC(C)(C)C)C(C)C)Sc1ccccc1. The zero-order chi connectivity index (χ0) is 31.5. The normalized spacial score (nSPS) is 14.9.